The molecule has 1 aromatic carbocycles. The maximum absolute atomic E-state index is 15.0. The molecule has 3 heteroatoms. The molecule has 0 saturated carbocycles. The maximum Gasteiger partial charge on any atom is 0.229 e. The highest BCUT2D eigenvalue weighted by atomic mass is 19.1. The van der Waals surface area contributed by atoms with Crippen LogP contribution >= 0.6 is 0 Å². The van der Waals surface area contributed by atoms with E-state index in [2.05, 4.69) is 50.6 Å². The van der Waals surface area contributed by atoms with Gasteiger partial charge in [-0.3, -0.25) is 4.57 Å². The molecule has 0 fully saturated rings. The van der Waals surface area contributed by atoms with Crippen molar-refractivity contribution in [2.75, 3.05) is 0 Å². The maximum atomic E-state index is 15.0. The van der Waals surface area contributed by atoms with Crippen LogP contribution in [0.1, 0.15) is 42.0 Å². The molecule has 0 atom stereocenters. The summed E-state index contributed by atoms with van der Waals surface area (Å²) in [6.07, 6.45) is 2.10. The summed E-state index contributed by atoms with van der Waals surface area (Å²) in [6, 6.07) is 11.8. The molecule has 2 aromatic heterocycles. The fourth-order valence-corrected chi connectivity index (χ4v) is 3.44. The molecule has 0 bridgehead atoms. The predicted molar refractivity (Wildman–Crippen MR) is 101 cm³/mol. The van der Waals surface area contributed by atoms with Gasteiger partial charge in [-0.1, -0.05) is 32.0 Å². The summed E-state index contributed by atoms with van der Waals surface area (Å²) in [7, 11) is 2.02. The molecule has 0 spiro atoms. The topological polar surface area (TPSA) is 8.81 Å². The van der Waals surface area contributed by atoms with Crippen molar-refractivity contribution in [1.82, 2.24) is 4.57 Å². The number of hydrogen-bond donors (Lipinski definition) is 0. The molecule has 25 heavy (non-hydrogen) atoms. The Kier molecular flexibility index (Phi) is 4.51. The summed E-state index contributed by atoms with van der Waals surface area (Å²) in [5.74, 6) is 0.0958. The predicted octanol–water partition coefficient (Wildman–Crippen LogP) is 5.16. The average molecular weight is 337 g/mol. The van der Waals surface area contributed by atoms with Crippen LogP contribution in [0.25, 0.3) is 17.1 Å². The van der Waals surface area contributed by atoms with Gasteiger partial charge in [-0.15, -0.1) is 0 Å². The van der Waals surface area contributed by atoms with E-state index in [4.69, 9.17) is 0 Å². The molecule has 3 aromatic rings. The summed E-state index contributed by atoms with van der Waals surface area (Å²) in [5, 5.41) is 0. The van der Waals surface area contributed by atoms with Crippen LogP contribution < -0.4 is 4.57 Å². The van der Waals surface area contributed by atoms with E-state index in [0.29, 0.717) is 5.92 Å². The molecule has 0 N–H and O–H groups in total. The van der Waals surface area contributed by atoms with Gasteiger partial charge in [0.1, 0.15) is 12.7 Å². The minimum Gasteiger partial charge on any atom is -0.280 e. The molecular formula is C22H26FN2+. The minimum atomic E-state index is -0.223. The molecule has 0 aliphatic carbocycles. The van der Waals surface area contributed by atoms with Crippen molar-refractivity contribution in [2.24, 2.45) is 7.05 Å². The second kappa shape index (κ2) is 6.47. The minimum absolute atomic E-state index is 0.223. The Morgan fingerprint density at radius 2 is 1.64 bits per heavy atom. The molecule has 0 saturated heterocycles. The van der Waals surface area contributed by atoms with Gasteiger partial charge in [0.15, 0.2) is 12.1 Å². The van der Waals surface area contributed by atoms with Gasteiger partial charge in [-0.05, 0) is 55.5 Å². The number of rotatable bonds is 3. The summed E-state index contributed by atoms with van der Waals surface area (Å²) < 4.78 is 18.8. The number of aryl methyl sites for hydroxylation is 4. The van der Waals surface area contributed by atoms with Gasteiger partial charge in [0.05, 0.1) is 5.69 Å². The molecule has 2 heterocycles. The second-order valence-electron chi connectivity index (χ2n) is 7.18. The first-order chi connectivity index (χ1) is 11.8. The molecular weight excluding hydrogens is 311 g/mol. The Balaban J connectivity index is 2.34. The van der Waals surface area contributed by atoms with Crippen LogP contribution in [0.4, 0.5) is 4.39 Å². The number of benzene rings is 1. The highest BCUT2D eigenvalue weighted by molar-refractivity contribution is 5.63. The highest BCUT2D eigenvalue weighted by Gasteiger charge is 2.24. The van der Waals surface area contributed by atoms with Crippen molar-refractivity contribution in [3.63, 3.8) is 0 Å². The number of halogens is 1. The van der Waals surface area contributed by atoms with E-state index in [1.165, 1.54) is 11.1 Å². The number of pyridine rings is 1. The van der Waals surface area contributed by atoms with Crippen LogP contribution in [0.2, 0.25) is 0 Å². The van der Waals surface area contributed by atoms with Gasteiger partial charge in [-0.25, -0.2) is 0 Å². The van der Waals surface area contributed by atoms with Crippen LogP contribution in [0.5, 0.6) is 0 Å². The Morgan fingerprint density at radius 1 is 0.960 bits per heavy atom. The van der Waals surface area contributed by atoms with Gasteiger partial charge < -0.3 is 0 Å². The molecule has 0 radical (unpaired) electrons. The zero-order valence-corrected chi connectivity index (χ0v) is 15.9. The van der Waals surface area contributed by atoms with Crippen molar-refractivity contribution in [2.45, 2.75) is 40.5 Å². The van der Waals surface area contributed by atoms with Crippen molar-refractivity contribution in [3.05, 3.63) is 70.8 Å². The van der Waals surface area contributed by atoms with E-state index in [0.717, 1.165) is 28.2 Å². The van der Waals surface area contributed by atoms with Gasteiger partial charge in [0.25, 0.3) is 0 Å². The molecule has 130 valence electrons. The van der Waals surface area contributed by atoms with Gasteiger partial charge in [-0.2, -0.15) is 8.96 Å². The fourth-order valence-electron chi connectivity index (χ4n) is 3.44. The average Bonchev–Trinajstić information content (AvgIpc) is 2.85. The lowest BCUT2D eigenvalue weighted by Gasteiger charge is -2.17. The first-order valence-corrected chi connectivity index (χ1v) is 8.75. The van der Waals surface area contributed by atoms with E-state index in [9.17, 15) is 4.39 Å². The summed E-state index contributed by atoms with van der Waals surface area (Å²) in [4.78, 5) is 0. The highest BCUT2D eigenvalue weighted by Crippen LogP contribution is 2.32. The normalized spacial score (nSPS) is 11.4. The zero-order valence-electron chi connectivity index (χ0n) is 15.9. The summed E-state index contributed by atoms with van der Waals surface area (Å²) in [6.45, 7) is 10.5. The SMILES string of the molecule is Cc1cc(-c2c(C)cc(F)n2-c2ccccc2C(C)C)[n+](C)cc1C. The van der Waals surface area contributed by atoms with Crippen molar-refractivity contribution < 1.29 is 8.96 Å². The number of aromatic nitrogens is 2. The monoisotopic (exact) mass is 337 g/mol. The lowest BCUT2D eigenvalue weighted by molar-refractivity contribution is -0.661. The molecule has 2 nitrogen and oxygen atoms in total. The fraction of sp³-hybridized carbons (Fsp3) is 0.318. The first-order valence-electron chi connectivity index (χ1n) is 8.75. The van der Waals surface area contributed by atoms with E-state index < -0.39 is 0 Å². The third kappa shape index (κ3) is 2.99. The zero-order chi connectivity index (χ0) is 18.3. The van der Waals surface area contributed by atoms with Crippen molar-refractivity contribution >= 4 is 0 Å². The third-order valence-corrected chi connectivity index (χ3v) is 4.93. The molecule has 0 aliphatic rings. The molecule has 0 aliphatic heterocycles. The lowest BCUT2D eigenvalue weighted by atomic mass is 10.0. The van der Waals surface area contributed by atoms with Crippen molar-refractivity contribution in [1.29, 1.82) is 0 Å². The second-order valence-corrected chi connectivity index (χ2v) is 7.18. The quantitative estimate of drug-likeness (QED) is 0.584. The Bertz CT molecular complexity index is 935. The third-order valence-electron chi connectivity index (χ3n) is 4.93. The Hall–Kier alpha value is -2.42. The number of nitrogens with zero attached hydrogens (tertiary/aromatic N) is 2. The van der Waals surface area contributed by atoms with Gasteiger partial charge >= 0.3 is 0 Å². The smallest absolute Gasteiger partial charge is 0.229 e. The molecule has 0 unspecified atom stereocenters. The summed E-state index contributed by atoms with van der Waals surface area (Å²) >= 11 is 0. The van der Waals surface area contributed by atoms with Crippen LogP contribution in [-0.2, 0) is 7.05 Å². The first kappa shape index (κ1) is 17.4. The standard InChI is InChI=1S/C22H26FN2/c1-14(2)18-9-7-8-10-19(18)25-21(23)12-16(4)22(25)20-11-15(3)17(5)13-24(20)6/h7-14H,1-6H3/q+1. The van der Waals surface area contributed by atoms with E-state index in [1.807, 2.05) is 32.2 Å². The Morgan fingerprint density at radius 3 is 2.32 bits per heavy atom. The lowest BCUT2D eigenvalue weighted by Crippen LogP contribution is -2.32. The number of hydrogen-bond acceptors (Lipinski definition) is 0. The van der Waals surface area contributed by atoms with Crippen LogP contribution in [0.3, 0.4) is 0 Å². The number of para-hydroxylation sites is 1. The van der Waals surface area contributed by atoms with Gasteiger partial charge in [0, 0.05) is 11.6 Å². The largest absolute Gasteiger partial charge is 0.280 e. The van der Waals surface area contributed by atoms with E-state index in [-0.39, 0.29) is 5.95 Å². The summed E-state index contributed by atoms with van der Waals surface area (Å²) in [5.41, 5.74) is 7.36. The molecule has 0 amide bonds. The van der Waals surface area contributed by atoms with Crippen LogP contribution in [-0.4, -0.2) is 4.57 Å². The van der Waals surface area contributed by atoms with Gasteiger partial charge in [0.2, 0.25) is 5.69 Å². The Labute approximate surface area is 149 Å². The van der Waals surface area contributed by atoms with Crippen LogP contribution in [0.15, 0.2) is 42.6 Å². The van der Waals surface area contributed by atoms with E-state index in [1.54, 1.807) is 10.6 Å². The van der Waals surface area contributed by atoms with E-state index >= 15 is 0 Å². The molecule has 3 rings (SSSR count). The van der Waals surface area contributed by atoms with Crippen LogP contribution in [0, 0.1) is 26.7 Å². The van der Waals surface area contributed by atoms with Crippen molar-refractivity contribution in [3.8, 4) is 17.1 Å².